The maximum atomic E-state index is 13.0. The molecule has 1 fully saturated rings. The summed E-state index contributed by atoms with van der Waals surface area (Å²) in [6.07, 6.45) is 1.56. The molecule has 0 spiro atoms. The fourth-order valence-corrected chi connectivity index (χ4v) is 4.61. The molecule has 0 aliphatic carbocycles. The van der Waals surface area contributed by atoms with E-state index in [1.165, 1.54) is 32.4 Å². The summed E-state index contributed by atoms with van der Waals surface area (Å²) in [5, 5.41) is 14.3. The lowest BCUT2D eigenvalue weighted by molar-refractivity contribution is -0.385. The second-order valence-corrected chi connectivity index (χ2v) is 9.04. The lowest BCUT2D eigenvalue weighted by Crippen LogP contribution is -2.37. The van der Waals surface area contributed by atoms with Gasteiger partial charge in [0.2, 0.25) is 0 Å². The van der Waals surface area contributed by atoms with E-state index in [9.17, 15) is 19.7 Å². The zero-order chi connectivity index (χ0) is 26.5. The van der Waals surface area contributed by atoms with E-state index in [4.69, 9.17) is 21.1 Å². The number of hydrogen-bond acceptors (Lipinski definition) is 6. The third-order valence-corrected chi connectivity index (χ3v) is 6.79. The Bertz CT molecular complexity index is 1320. The number of likely N-dealkylation sites (tertiary alicyclic amines) is 1. The Morgan fingerprint density at radius 1 is 1.00 bits per heavy atom. The van der Waals surface area contributed by atoms with Crippen LogP contribution < -0.4 is 14.8 Å². The monoisotopic (exact) mass is 523 g/mol. The first kappa shape index (κ1) is 26.0. The molecule has 9 nitrogen and oxygen atoms in total. The van der Waals surface area contributed by atoms with E-state index in [1.807, 2.05) is 24.3 Å². The number of carbonyl (C=O) groups is 2. The van der Waals surface area contributed by atoms with Gasteiger partial charge in [0.25, 0.3) is 11.8 Å². The maximum absolute atomic E-state index is 13.0. The number of benzene rings is 3. The Hall–Kier alpha value is -4.11. The van der Waals surface area contributed by atoms with Crippen LogP contribution in [0.15, 0.2) is 60.7 Å². The van der Waals surface area contributed by atoms with Gasteiger partial charge in [-0.1, -0.05) is 23.7 Å². The first-order chi connectivity index (χ1) is 17.8. The number of rotatable bonds is 7. The van der Waals surface area contributed by atoms with E-state index < -0.39 is 4.92 Å². The third-order valence-electron chi connectivity index (χ3n) is 6.46. The van der Waals surface area contributed by atoms with Crippen molar-refractivity contribution in [3.63, 3.8) is 0 Å². The molecule has 1 heterocycles. The van der Waals surface area contributed by atoms with Crippen molar-refractivity contribution in [1.82, 2.24) is 4.90 Å². The Morgan fingerprint density at radius 2 is 1.70 bits per heavy atom. The van der Waals surface area contributed by atoms with E-state index >= 15 is 0 Å². The molecule has 0 aromatic heterocycles. The van der Waals surface area contributed by atoms with Crippen molar-refractivity contribution in [2.24, 2.45) is 0 Å². The van der Waals surface area contributed by atoms with E-state index in [1.54, 1.807) is 23.1 Å². The topological polar surface area (TPSA) is 111 Å². The van der Waals surface area contributed by atoms with Gasteiger partial charge in [0, 0.05) is 36.5 Å². The van der Waals surface area contributed by atoms with Crippen LogP contribution in [0, 0.1) is 10.1 Å². The number of anilines is 1. The number of ether oxygens (including phenoxy) is 2. The van der Waals surface area contributed by atoms with Crippen LogP contribution in [0.25, 0.3) is 0 Å². The van der Waals surface area contributed by atoms with Gasteiger partial charge in [-0.25, -0.2) is 0 Å². The second-order valence-electron chi connectivity index (χ2n) is 8.63. The number of hydrogen-bond donors (Lipinski definition) is 1. The summed E-state index contributed by atoms with van der Waals surface area (Å²) in [6.45, 7) is 1.13. The zero-order valence-electron chi connectivity index (χ0n) is 20.4. The molecule has 0 unspecified atom stereocenters. The largest absolute Gasteiger partial charge is 0.497 e. The van der Waals surface area contributed by atoms with Crippen LogP contribution in [0.4, 0.5) is 11.4 Å². The second kappa shape index (κ2) is 11.3. The van der Waals surface area contributed by atoms with Crippen molar-refractivity contribution >= 4 is 34.8 Å². The van der Waals surface area contributed by atoms with Crippen molar-refractivity contribution in [2.75, 3.05) is 32.6 Å². The number of amides is 2. The van der Waals surface area contributed by atoms with Crippen molar-refractivity contribution in [2.45, 2.75) is 18.8 Å². The van der Waals surface area contributed by atoms with E-state index in [-0.39, 0.29) is 29.2 Å². The normalized spacial score (nSPS) is 13.6. The molecule has 1 N–H and O–H groups in total. The molecule has 0 saturated carbocycles. The fraction of sp³-hybridized carbons (Fsp3) is 0.259. The molecular formula is C27H26ClN3O6. The number of nitrogens with zero attached hydrogens (tertiary/aromatic N) is 2. The third kappa shape index (κ3) is 5.83. The zero-order valence-corrected chi connectivity index (χ0v) is 21.2. The molecular weight excluding hydrogens is 498 g/mol. The van der Waals surface area contributed by atoms with Gasteiger partial charge in [-0.15, -0.1) is 0 Å². The Balaban J connectivity index is 1.36. The summed E-state index contributed by atoms with van der Waals surface area (Å²) < 4.78 is 10.3. The highest BCUT2D eigenvalue weighted by atomic mass is 35.5. The average Bonchev–Trinajstić information content (AvgIpc) is 2.93. The first-order valence-electron chi connectivity index (χ1n) is 11.7. The first-order valence-corrected chi connectivity index (χ1v) is 12.0. The SMILES string of the molecule is COc1ccc(Cl)c(C(=O)Nc2ccc(C3CCN(C(=O)c4ccc([N+](=O)[O-])c(OC)c4)CC3)cc2)c1. The van der Waals surface area contributed by atoms with Crippen molar-refractivity contribution in [1.29, 1.82) is 0 Å². The number of nitro benzene ring substituents is 1. The molecule has 192 valence electrons. The quantitative estimate of drug-likeness (QED) is 0.321. The predicted octanol–water partition coefficient (Wildman–Crippen LogP) is 5.54. The summed E-state index contributed by atoms with van der Waals surface area (Å²) in [7, 11) is 2.86. The molecule has 3 aromatic carbocycles. The highest BCUT2D eigenvalue weighted by Crippen LogP contribution is 2.32. The summed E-state index contributed by atoms with van der Waals surface area (Å²) >= 11 is 6.17. The molecule has 1 saturated heterocycles. The van der Waals surface area contributed by atoms with Gasteiger partial charge in [-0.3, -0.25) is 19.7 Å². The van der Waals surface area contributed by atoms with Crippen LogP contribution in [0.3, 0.4) is 0 Å². The number of nitro groups is 1. The van der Waals surface area contributed by atoms with E-state index in [0.29, 0.717) is 40.7 Å². The summed E-state index contributed by atoms with van der Waals surface area (Å²) in [5.41, 5.74) is 2.28. The average molecular weight is 524 g/mol. The smallest absolute Gasteiger partial charge is 0.310 e. The van der Waals surface area contributed by atoms with E-state index in [0.717, 1.165) is 18.4 Å². The Kier molecular flexibility index (Phi) is 7.93. The molecule has 0 atom stereocenters. The van der Waals surface area contributed by atoms with Gasteiger partial charge >= 0.3 is 5.69 Å². The van der Waals surface area contributed by atoms with Crippen LogP contribution in [-0.2, 0) is 0 Å². The van der Waals surface area contributed by atoms with Crippen molar-refractivity contribution in [3.8, 4) is 11.5 Å². The fourth-order valence-electron chi connectivity index (χ4n) is 4.40. The number of methoxy groups -OCH3 is 2. The standard InChI is InChI=1S/C27H26ClN3O6/c1-36-21-8-9-23(28)22(16-21)26(32)29-20-6-3-17(4-7-20)18-11-13-30(14-12-18)27(33)19-5-10-24(31(34)35)25(15-19)37-2/h3-10,15-16,18H,11-14H2,1-2H3,(H,29,32). The maximum Gasteiger partial charge on any atom is 0.310 e. The van der Waals surface area contributed by atoms with Gasteiger partial charge in [0.05, 0.1) is 29.7 Å². The molecule has 4 rings (SSSR count). The molecule has 0 radical (unpaired) electrons. The number of nitrogens with one attached hydrogen (secondary N) is 1. The minimum atomic E-state index is -0.538. The van der Waals surface area contributed by atoms with Crippen LogP contribution in [0.2, 0.25) is 5.02 Å². The Labute approximate surface area is 219 Å². The van der Waals surface area contributed by atoms with Crippen molar-refractivity contribution in [3.05, 3.63) is 92.5 Å². The summed E-state index contributed by atoms with van der Waals surface area (Å²) in [5.74, 6) is 0.370. The van der Waals surface area contributed by atoms with Crippen LogP contribution >= 0.6 is 11.6 Å². The van der Waals surface area contributed by atoms with E-state index in [2.05, 4.69) is 5.32 Å². The molecule has 3 aromatic rings. The van der Waals surface area contributed by atoms with Crippen LogP contribution in [0.1, 0.15) is 45.0 Å². The molecule has 1 aliphatic heterocycles. The summed E-state index contributed by atoms with van der Waals surface area (Å²) in [6, 6.07) is 16.7. The van der Waals surface area contributed by atoms with Crippen molar-refractivity contribution < 1.29 is 24.0 Å². The number of halogens is 1. The molecule has 1 aliphatic rings. The number of piperidine rings is 1. The van der Waals surface area contributed by atoms with Crippen LogP contribution in [0.5, 0.6) is 11.5 Å². The highest BCUT2D eigenvalue weighted by molar-refractivity contribution is 6.34. The van der Waals surface area contributed by atoms with Gasteiger partial charge in [-0.05, 0) is 60.7 Å². The lowest BCUT2D eigenvalue weighted by atomic mass is 9.89. The minimum absolute atomic E-state index is 0.0617. The van der Waals surface area contributed by atoms with Gasteiger partial charge in [0.1, 0.15) is 5.75 Å². The van der Waals surface area contributed by atoms with Gasteiger partial charge in [0.15, 0.2) is 5.75 Å². The molecule has 10 heteroatoms. The lowest BCUT2D eigenvalue weighted by Gasteiger charge is -2.32. The Morgan fingerprint density at radius 3 is 2.32 bits per heavy atom. The van der Waals surface area contributed by atoms with Gasteiger partial charge < -0.3 is 19.7 Å². The molecule has 0 bridgehead atoms. The summed E-state index contributed by atoms with van der Waals surface area (Å²) in [4.78, 5) is 38.0. The van der Waals surface area contributed by atoms with Gasteiger partial charge in [-0.2, -0.15) is 0 Å². The molecule has 2 amide bonds. The van der Waals surface area contributed by atoms with Crippen LogP contribution in [-0.4, -0.2) is 48.9 Å². The predicted molar refractivity (Wildman–Crippen MR) is 140 cm³/mol. The number of carbonyl (C=O) groups excluding carboxylic acids is 2. The highest BCUT2D eigenvalue weighted by Gasteiger charge is 2.26. The minimum Gasteiger partial charge on any atom is -0.497 e. The molecule has 37 heavy (non-hydrogen) atoms.